The van der Waals surface area contributed by atoms with Gasteiger partial charge in [-0.15, -0.1) is 0 Å². The molecule has 0 saturated heterocycles. The molecule has 31 heavy (non-hydrogen) atoms. The van der Waals surface area contributed by atoms with Crippen LogP contribution in [0.25, 0.3) is 0 Å². The lowest BCUT2D eigenvalue weighted by Crippen LogP contribution is -2.34. The molecule has 3 N–H and O–H groups in total. The van der Waals surface area contributed by atoms with Gasteiger partial charge in [0, 0.05) is 27.5 Å². The Labute approximate surface area is 190 Å². The topological polar surface area (TPSA) is 79.5 Å². The van der Waals surface area contributed by atoms with Gasteiger partial charge in [-0.05, 0) is 85.9 Å². The summed E-state index contributed by atoms with van der Waals surface area (Å²) in [5.74, 6) is 0.106. The Balaban J connectivity index is 1.53. The van der Waals surface area contributed by atoms with Crippen LogP contribution in [0.2, 0.25) is 5.02 Å². The molecule has 2 amide bonds. The number of anilines is 2. The summed E-state index contributed by atoms with van der Waals surface area (Å²) < 4.78 is 5.36. The number of rotatable bonds is 6. The second kappa shape index (κ2) is 10.6. The van der Waals surface area contributed by atoms with Crippen molar-refractivity contribution in [1.29, 1.82) is 0 Å². The molecule has 0 heterocycles. The van der Waals surface area contributed by atoms with E-state index in [0.29, 0.717) is 39.9 Å². The second-order valence-corrected chi connectivity index (χ2v) is 7.25. The van der Waals surface area contributed by atoms with Crippen molar-refractivity contribution in [3.05, 3.63) is 88.9 Å². The summed E-state index contributed by atoms with van der Waals surface area (Å²) >= 11 is 11.1. The molecule has 158 valence electrons. The summed E-state index contributed by atoms with van der Waals surface area (Å²) in [6.07, 6.45) is 0. The molecule has 0 aliphatic rings. The summed E-state index contributed by atoms with van der Waals surface area (Å²) in [5.41, 5.74) is 2.21. The van der Waals surface area contributed by atoms with Crippen LogP contribution in [0.15, 0.2) is 72.8 Å². The van der Waals surface area contributed by atoms with E-state index >= 15 is 0 Å². The third-order valence-corrected chi connectivity index (χ3v) is 4.58. The van der Waals surface area contributed by atoms with Crippen LogP contribution < -0.4 is 20.7 Å². The minimum Gasteiger partial charge on any atom is -0.494 e. The van der Waals surface area contributed by atoms with Gasteiger partial charge in [-0.1, -0.05) is 17.7 Å². The second-order valence-electron chi connectivity index (χ2n) is 6.41. The van der Waals surface area contributed by atoms with Crippen LogP contribution >= 0.6 is 23.8 Å². The number of hydrogen-bond acceptors (Lipinski definition) is 4. The molecule has 0 aliphatic heterocycles. The first kappa shape index (κ1) is 22.3. The molecule has 6 nitrogen and oxygen atoms in total. The monoisotopic (exact) mass is 453 g/mol. The zero-order valence-electron chi connectivity index (χ0n) is 16.6. The molecule has 0 atom stereocenters. The number of benzene rings is 3. The van der Waals surface area contributed by atoms with Crippen LogP contribution in [0.3, 0.4) is 0 Å². The van der Waals surface area contributed by atoms with Crippen molar-refractivity contribution in [3.8, 4) is 5.75 Å². The molecule has 8 heteroatoms. The molecular weight excluding hydrogens is 434 g/mol. The number of carbonyl (C=O) groups excluding carboxylic acids is 2. The number of carbonyl (C=O) groups is 2. The Bertz CT molecular complexity index is 1090. The van der Waals surface area contributed by atoms with E-state index < -0.39 is 0 Å². The third-order valence-electron chi connectivity index (χ3n) is 4.14. The van der Waals surface area contributed by atoms with Crippen LogP contribution in [-0.2, 0) is 0 Å². The standard InChI is InChI=1S/C23H20ClN3O3S/c1-2-30-20-12-6-15(7-13-20)21(28)27-23(31)26-19-10-8-18(9-11-19)25-22(29)16-4-3-5-17(24)14-16/h3-14H,2H2,1H3,(H,25,29)(H2,26,27,28,31). The van der Waals surface area contributed by atoms with E-state index in [2.05, 4.69) is 16.0 Å². The van der Waals surface area contributed by atoms with Crippen molar-refractivity contribution in [2.24, 2.45) is 0 Å². The van der Waals surface area contributed by atoms with Crippen molar-refractivity contribution in [2.45, 2.75) is 6.92 Å². The van der Waals surface area contributed by atoms with Crippen LogP contribution in [-0.4, -0.2) is 23.5 Å². The first-order chi connectivity index (χ1) is 14.9. The number of hydrogen-bond donors (Lipinski definition) is 3. The molecule has 3 aromatic rings. The van der Waals surface area contributed by atoms with Gasteiger partial charge in [0.05, 0.1) is 6.61 Å². The predicted molar refractivity (Wildman–Crippen MR) is 127 cm³/mol. The Kier molecular flexibility index (Phi) is 7.59. The number of halogens is 1. The summed E-state index contributed by atoms with van der Waals surface area (Å²) in [7, 11) is 0. The first-order valence-corrected chi connectivity index (χ1v) is 10.3. The highest BCUT2D eigenvalue weighted by Crippen LogP contribution is 2.17. The van der Waals surface area contributed by atoms with Gasteiger partial charge in [-0.25, -0.2) is 0 Å². The fraction of sp³-hybridized carbons (Fsp3) is 0.0870. The lowest BCUT2D eigenvalue weighted by molar-refractivity contribution is 0.0976. The van der Waals surface area contributed by atoms with Crippen molar-refractivity contribution in [3.63, 3.8) is 0 Å². The quantitative estimate of drug-likeness (QED) is 0.451. The molecule has 0 saturated carbocycles. The van der Waals surface area contributed by atoms with Crippen LogP contribution in [0.1, 0.15) is 27.6 Å². The maximum Gasteiger partial charge on any atom is 0.257 e. The van der Waals surface area contributed by atoms with Crippen LogP contribution in [0.4, 0.5) is 11.4 Å². The Hall–Kier alpha value is -3.42. The number of amides is 2. The molecule has 0 bridgehead atoms. The molecule has 0 radical (unpaired) electrons. The van der Waals surface area contributed by atoms with Crippen molar-refractivity contribution >= 4 is 52.1 Å². The van der Waals surface area contributed by atoms with Gasteiger partial charge in [-0.3, -0.25) is 14.9 Å². The number of nitrogens with one attached hydrogen (secondary N) is 3. The molecule has 0 aliphatic carbocycles. The highest BCUT2D eigenvalue weighted by atomic mass is 35.5. The normalized spacial score (nSPS) is 10.1. The summed E-state index contributed by atoms with van der Waals surface area (Å²) in [6, 6.07) is 20.4. The maximum atomic E-state index is 12.3. The fourth-order valence-electron chi connectivity index (χ4n) is 2.68. The highest BCUT2D eigenvalue weighted by molar-refractivity contribution is 7.80. The minimum absolute atomic E-state index is 0.162. The minimum atomic E-state index is -0.328. The molecule has 0 aromatic heterocycles. The molecule has 3 rings (SSSR count). The van der Waals surface area contributed by atoms with E-state index in [1.807, 2.05) is 6.92 Å². The van der Waals surface area contributed by atoms with Gasteiger partial charge in [0.25, 0.3) is 11.8 Å². The highest BCUT2D eigenvalue weighted by Gasteiger charge is 2.09. The Morgan fingerprint density at radius 1 is 0.871 bits per heavy atom. The van der Waals surface area contributed by atoms with Gasteiger partial charge in [0.2, 0.25) is 0 Å². The number of ether oxygens (including phenoxy) is 1. The van der Waals surface area contributed by atoms with Crippen LogP contribution in [0, 0.1) is 0 Å². The van der Waals surface area contributed by atoms with E-state index in [0.717, 1.165) is 0 Å². The summed E-state index contributed by atoms with van der Waals surface area (Å²) in [5, 5.41) is 9.02. The van der Waals surface area contributed by atoms with E-state index in [1.165, 1.54) is 0 Å². The fourth-order valence-corrected chi connectivity index (χ4v) is 3.08. The number of thiocarbonyl (C=S) groups is 1. The van der Waals surface area contributed by atoms with Gasteiger partial charge in [0.15, 0.2) is 5.11 Å². The lowest BCUT2D eigenvalue weighted by atomic mass is 10.2. The summed E-state index contributed by atoms with van der Waals surface area (Å²) in [6.45, 7) is 2.45. The first-order valence-electron chi connectivity index (χ1n) is 9.47. The van der Waals surface area contributed by atoms with Gasteiger partial charge < -0.3 is 15.4 Å². The third kappa shape index (κ3) is 6.53. The average Bonchev–Trinajstić information content (AvgIpc) is 2.75. The average molecular weight is 454 g/mol. The predicted octanol–water partition coefficient (Wildman–Crippen LogP) is 5.12. The zero-order valence-corrected chi connectivity index (χ0v) is 18.2. The largest absolute Gasteiger partial charge is 0.494 e. The van der Waals surface area contributed by atoms with Crippen molar-refractivity contribution < 1.29 is 14.3 Å². The van der Waals surface area contributed by atoms with E-state index in [4.69, 9.17) is 28.6 Å². The van der Waals surface area contributed by atoms with E-state index in [1.54, 1.807) is 72.8 Å². The van der Waals surface area contributed by atoms with Gasteiger partial charge in [0.1, 0.15) is 5.75 Å². The molecular formula is C23H20ClN3O3S. The summed E-state index contributed by atoms with van der Waals surface area (Å²) in [4.78, 5) is 24.6. The smallest absolute Gasteiger partial charge is 0.257 e. The van der Waals surface area contributed by atoms with Crippen LogP contribution in [0.5, 0.6) is 5.75 Å². The Morgan fingerprint density at radius 3 is 2.13 bits per heavy atom. The molecule has 0 spiro atoms. The SMILES string of the molecule is CCOc1ccc(C(=O)NC(=S)Nc2ccc(NC(=O)c3cccc(Cl)c3)cc2)cc1. The molecule has 0 fully saturated rings. The van der Waals surface area contributed by atoms with Crippen molar-refractivity contribution in [2.75, 3.05) is 17.2 Å². The van der Waals surface area contributed by atoms with Gasteiger partial charge in [-0.2, -0.15) is 0 Å². The molecule has 0 unspecified atom stereocenters. The zero-order chi connectivity index (χ0) is 22.2. The van der Waals surface area contributed by atoms with E-state index in [-0.39, 0.29) is 16.9 Å². The van der Waals surface area contributed by atoms with E-state index in [9.17, 15) is 9.59 Å². The maximum absolute atomic E-state index is 12.3. The molecule has 3 aromatic carbocycles. The lowest BCUT2D eigenvalue weighted by Gasteiger charge is -2.11. The van der Waals surface area contributed by atoms with Gasteiger partial charge >= 0.3 is 0 Å². The van der Waals surface area contributed by atoms with Crippen molar-refractivity contribution in [1.82, 2.24) is 5.32 Å². The Morgan fingerprint density at radius 2 is 1.52 bits per heavy atom.